The number of nitrogens with zero attached hydrogens (tertiary/aromatic N) is 2. The van der Waals surface area contributed by atoms with E-state index in [-0.39, 0.29) is 11.4 Å². The van der Waals surface area contributed by atoms with E-state index in [1.807, 2.05) is 0 Å². The summed E-state index contributed by atoms with van der Waals surface area (Å²) in [4.78, 5) is 7.02. The lowest BCUT2D eigenvalue weighted by Gasteiger charge is -2.17. The van der Waals surface area contributed by atoms with Crippen LogP contribution in [0.1, 0.15) is 5.82 Å². The number of H-pyrrole nitrogens is 1. The van der Waals surface area contributed by atoms with Gasteiger partial charge in [-0.25, -0.2) is 13.4 Å². The van der Waals surface area contributed by atoms with Crippen molar-refractivity contribution in [3.05, 3.63) is 36.4 Å². The average molecular weight is 311 g/mol. The number of nitrogens with one attached hydrogen (secondary N) is 1. The number of imidazole rings is 1. The summed E-state index contributed by atoms with van der Waals surface area (Å²) in [7, 11) is 0.814. The average Bonchev–Trinajstić information content (AvgIpc) is 2.99. The van der Waals surface area contributed by atoms with E-state index in [2.05, 4.69) is 9.97 Å². The van der Waals surface area contributed by atoms with E-state index in [0.717, 1.165) is 0 Å². The molecule has 0 saturated heterocycles. The van der Waals surface area contributed by atoms with Crippen LogP contribution < -0.4 is 9.47 Å². The number of methoxy groups -OCH3 is 2. The van der Waals surface area contributed by atoms with Crippen LogP contribution in [0.4, 0.5) is 0 Å². The Morgan fingerprint density at radius 2 is 1.95 bits per heavy atom. The zero-order valence-corrected chi connectivity index (χ0v) is 12.8. The van der Waals surface area contributed by atoms with Gasteiger partial charge in [-0.1, -0.05) is 0 Å². The number of hydrogen-bond donors (Lipinski definition) is 1. The van der Waals surface area contributed by atoms with E-state index >= 15 is 0 Å². The molecule has 7 nitrogen and oxygen atoms in total. The lowest BCUT2D eigenvalue weighted by molar-refractivity contribution is 0.353. The van der Waals surface area contributed by atoms with Crippen LogP contribution in [0.3, 0.4) is 0 Å². The summed E-state index contributed by atoms with van der Waals surface area (Å²) in [6.45, 7) is 0.156. The van der Waals surface area contributed by atoms with Crippen molar-refractivity contribution in [1.29, 1.82) is 0 Å². The Kier molecular flexibility index (Phi) is 4.49. The minimum absolute atomic E-state index is 0.134. The van der Waals surface area contributed by atoms with Gasteiger partial charge in [-0.2, -0.15) is 4.31 Å². The highest BCUT2D eigenvalue weighted by Crippen LogP contribution is 2.30. The van der Waals surface area contributed by atoms with Gasteiger partial charge in [0.1, 0.15) is 5.82 Å². The number of rotatable bonds is 6. The summed E-state index contributed by atoms with van der Waals surface area (Å²) < 4.78 is 36.5. The van der Waals surface area contributed by atoms with Crippen LogP contribution in [0.5, 0.6) is 11.5 Å². The monoisotopic (exact) mass is 311 g/mol. The molecule has 0 aliphatic rings. The molecule has 0 unspecified atom stereocenters. The topological polar surface area (TPSA) is 84.5 Å². The largest absolute Gasteiger partial charge is 0.493 e. The Bertz CT molecular complexity index is 698. The van der Waals surface area contributed by atoms with E-state index in [1.165, 1.54) is 37.7 Å². The summed E-state index contributed by atoms with van der Waals surface area (Å²) >= 11 is 0. The quantitative estimate of drug-likeness (QED) is 0.868. The molecule has 8 heteroatoms. The molecule has 1 heterocycles. The van der Waals surface area contributed by atoms with E-state index < -0.39 is 10.0 Å². The van der Waals surface area contributed by atoms with Gasteiger partial charge in [0.25, 0.3) is 0 Å². The number of aromatic nitrogens is 2. The van der Waals surface area contributed by atoms with Crippen molar-refractivity contribution in [2.75, 3.05) is 21.3 Å². The first-order chi connectivity index (χ1) is 9.98. The SMILES string of the molecule is COc1ccc(S(=O)(=O)N(C)Cc2ncc[nH]2)cc1OC. The zero-order chi connectivity index (χ0) is 15.5. The Balaban J connectivity index is 2.30. The number of hydrogen-bond acceptors (Lipinski definition) is 5. The van der Waals surface area contributed by atoms with E-state index in [9.17, 15) is 8.42 Å². The summed E-state index contributed by atoms with van der Waals surface area (Å²) in [5.41, 5.74) is 0. The first-order valence-corrected chi connectivity index (χ1v) is 7.59. The van der Waals surface area contributed by atoms with Crippen molar-refractivity contribution in [2.24, 2.45) is 0 Å². The molecule has 0 fully saturated rings. The summed E-state index contributed by atoms with van der Waals surface area (Å²) in [5, 5.41) is 0. The van der Waals surface area contributed by atoms with Crippen LogP contribution in [0.25, 0.3) is 0 Å². The molecule has 0 amide bonds. The van der Waals surface area contributed by atoms with Crippen LogP contribution >= 0.6 is 0 Å². The fraction of sp³-hybridized carbons (Fsp3) is 0.308. The summed E-state index contributed by atoms with van der Waals surface area (Å²) in [6.07, 6.45) is 3.22. The van der Waals surface area contributed by atoms with Crippen LogP contribution in [0.15, 0.2) is 35.5 Å². The van der Waals surface area contributed by atoms with Crippen molar-refractivity contribution in [3.8, 4) is 11.5 Å². The summed E-state index contributed by atoms with van der Waals surface area (Å²) in [6, 6.07) is 4.48. The number of aromatic amines is 1. The summed E-state index contributed by atoms with van der Waals surface area (Å²) in [5.74, 6) is 1.41. The van der Waals surface area contributed by atoms with Crippen LogP contribution in [-0.4, -0.2) is 44.0 Å². The molecule has 114 valence electrons. The minimum atomic E-state index is -3.63. The molecule has 1 N–H and O–H groups in total. The van der Waals surface area contributed by atoms with Gasteiger partial charge in [0.05, 0.1) is 25.7 Å². The predicted octanol–water partition coefficient (Wildman–Crippen LogP) is 1.25. The lowest BCUT2D eigenvalue weighted by atomic mass is 10.3. The van der Waals surface area contributed by atoms with Crippen LogP contribution in [0, 0.1) is 0 Å². The number of ether oxygens (including phenoxy) is 2. The second-order valence-corrected chi connectivity index (χ2v) is 6.36. The molecule has 0 aliphatic carbocycles. The molecule has 21 heavy (non-hydrogen) atoms. The molecule has 2 rings (SSSR count). The molecule has 0 saturated carbocycles. The van der Waals surface area contributed by atoms with Gasteiger partial charge in [-0.05, 0) is 12.1 Å². The third-order valence-corrected chi connectivity index (χ3v) is 4.79. The molecule has 0 radical (unpaired) electrons. The Morgan fingerprint density at radius 1 is 1.24 bits per heavy atom. The maximum absolute atomic E-state index is 12.5. The van der Waals surface area contributed by atoms with Gasteiger partial charge in [0.2, 0.25) is 10.0 Å². The molecular formula is C13H17N3O4S. The van der Waals surface area contributed by atoms with Crippen molar-refractivity contribution < 1.29 is 17.9 Å². The van der Waals surface area contributed by atoms with Crippen LogP contribution in [0.2, 0.25) is 0 Å². The molecular weight excluding hydrogens is 294 g/mol. The second-order valence-electron chi connectivity index (χ2n) is 4.31. The smallest absolute Gasteiger partial charge is 0.243 e. The second kappa shape index (κ2) is 6.15. The third kappa shape index (κ3) is 3.17. The van der Waals surface area contributed by atoms with Crippen LogP contribution in [-0.2, 0) is 16.6 Å². The Labute approximate surface area is 123 Å². The molecule has 0 atom stereocenters. The zero-order valence-electron chi connectivity index (χ0n) is 12.0. The highest BCUT2D eigenvalue weighted by atomic mass is 32.2. The Hall–Kier alpha value is -2.06. The van der Waals surface area contributed by atoms with Crippen molar-refractivity contribution >= 4 is 10.0 Å². The molecule has 1 aromatic carbocycles. The van der Waals surface area contributed by atoms with Gasteiger partial charge in [0.15, 0.2) is 11.5 Å². The van der Waals surface area contributed by atoms with Crippen molar-refractivity contribution in [1.82, 2.24) is 14.3 Å². The van der Waals surface area contributed by atoms with Crippen molar-refractivity contribution in [2.45, 2.75) is 11.4 Å². The van der Waals surface area contributed by atoms with E-state index in [4.69, 9.17) is 9.47 Å². The maximum Gasteiger partial charge on any atom is 0.243 e. The third-order valence-electron chi connectivity index (χ3n) is 2.99. The van der Waals surface area contributed by atoms with Gasteiger partial charge >= 0.3 is 0 Å². The fourth-order valence-electron chi connectivity index (χ4n) is 1.84. The number of benzene rings is 1. The predicted molar refractivity (Wildman–Crippen MR) is 76.8 cm³/mol. The van der Waals surface area contributed by atoms with Gasteiger partial charge in [-0.3, -0.25) is 0 Å². The molecule has 1 aromatic heterocycles. The number of sulfonamides is 1. The highest BCUT2D eigenvalue weighted by molar-refractivity contribution is 7.89. The first-order valence-electron chi connectivity index (χ1n) is 6.15. The van der Waals surface area contributed by atoms with E-state index in [1.54, 1.807) is 18.5 Å². The normalized spacial score (nSPS) is 11.6. The molecule has 2 aromatic rings. The standard InChI is InChI=1S/C13H17N3O4S/c1-16(9-13-14-6-7-15-13)21(17,18)10-4-5-11(19-2)12(8-10)20-3/h4-8H,9H2,1-3H3,(H,14,15). The molecule has 0 spiro atoms. The Morgan fingerprint density at radius 3 is 2.52 bits per heavy atom. The van der Waals surface area contributed by atoms with Crippen molar-refractivity contribution in [3.63, 3.8) is 0 Å². The minimum Gasteiger partial charge on any atom is -0.493 e. The van der Waals surface area contributed by atoms with Gasteiger partial charge in [0, 0.05) is 25.5 Å². The van der Waals surface area contributed by atoms with Gasteiger partial charge < -0.3 is 14.5 Å². The first kappa shape index (κ1) is 15.3. The van der Waals surface area contributed by atoms with Gasteiger partial charge in [-0.15, -0.1) is 0 Å². The van der Waals surface area contributed by atoms with E-state index in [0.29, 0.717) is 17.3 Å². The molecule has 0 bridgehead atoms. The molecule has 0 aliphatic heterocycles. The maximum atomic E-state index is 12.5. The fourth-order valence-corrected chi connectivity index (χ4v) is 2.99. The lowest BCUT2D eigenvalue weighted by Crippen LogP contribution is -2.27. The highest BCUT2D eigenvalue weighted by Gasteiger charge is 2.23.